The second-order valence-corrected chi connectivity index (χ2v) is 20.2. The SMILES string of the molecule is CC(C)(C)c1ccc([PH+](c2ccc(C(C)(C)C)cc2)C(C)(C)C)cc1.c1ccc([B-](c2ccccc2)(c2ccccc2)c2ccccc2)cc1. The molecule has 256 valence electrons. The average molecular weight is 675 g/mol. The summed E-state index contributed by atoms with van der Waals surface area (Å²) in [6, 6.07) is 62.3. The molecule has 0 radical (unpaired) electrons. The van der Waals surface area contributed by atoms with Crippen molar-refractivity contribution in [3.05, 3.63) is 181 Å². The molecule has 6 aromatic carbocycles. The van der Waals surface area contributed by atoms with Gasteiger partial charge in [-0.1, -0.05) is 187 Å². The first-order valence-corrected chi connectivity index (χ1v) is 19.7. The van der Waals surface area contributed by atoms with Gasteiger partial charge in [0.05, 0.1) is 23.7 Å². The minimum Gasteiger partial charge on any atom is -0.195 e. The van der Waals surface area contributed by atoms with Crippen molar-refractivity contribution in [2.45, 2.75) is 78.3 Å². The number of benzene rings is 6. The molecule has 0 atom stereocenters. The zero-order valence-corrected chi connectivity index (χ0v) is 32.7. The van der Waals surface area contributed by atoms with Crippen LogP contribution in [0.3, 0.4) is 0 Å². The van der Waals surface area contributed by atoms with Crippen molar-refractivity contribution < 1.29 is 0 Å². The molecular weight excluding hydrogens is 618 g/mol. The molecule has 6 aromatic rings. The lowest BCUT2D eigenvalue weighted by molar-refractivity contribution is 0.590. The van der Waals surface area contributed by atoms with Gasteiger partial charge in [0.25, 0.3) is 0 Å². The van der Waals surface area contributed by atoms with Crippen LogP contribution in [0.1, 0.15) is 73.4 Å². The summed E-state index contributed by atoms with van der Waals surface area (Å²) in [5.41, 5.74) is 8.60. The maximum atomic E-state index is 2.39. The smallest absolute Gasteiger partial charge is 0.108 e. The van der Waals surface area contributed by atoms with Crippen LogP contribution in [-0.2, 0) is 10.8 Å². The maximum absolute atomic E-state index is 2.39. The average Bonchev–Trinajstić information content (AvgIpc) is 3.10. The van der Waals surface area contributed by atoms with E-state index in [1.165, 1.54) is 43.6 Å². The Bertz CT molecular complexity index is 1670. The summed E-state index contributed by atoms with van der Waals surface area (Å²) in [4.78, 5) is 0. The molecule has 0 aromatic heterocycles. The fourth-order valence-corrected chi connectivity index (χ4v) is 10.5. The fraction of sp³-hybridized carbons (Fsp3) is 0.250. The Morgan fingerprint density at radius 3 is 0.760 bits per heavy atom. The molecule has 0 aliphatic heterocycles. The molecular formula is C48H56BP. The first-order valence-electron chi connectivity index (χ1n) is 18.2. The molecule has 0 saturated carbocycles. The Morgan fingerprint density at radius 2 is 0.560 bits per heavy atom. The minimum absolute atomic E-state index is 0.210. The van der Waals surface area contributed by atoms with E-state index < -0.39 is 14.1 Å². The highest BCUT2D eigenvalue weighted by molar-refractivity contribution is 7.74. The van der Waals surface area contributed by atoms with Crippen LogP contribution in [0, 0.1) is 0 Å². The molecule has 50 heavy (non-hydrogen) atoms. The van der Waals surface area contributed by atoms with Crippen molar-refractivity contribution >= 4 is 46.5 Å². The van der Waals surface area contributed by atoms with E-state index in [2.05, 4.69) is 232 Å². The van der Waals surface area contributed by atoms with Crippen molar-refractivity contribution in [1.29, 1.82) is 0 Å². The molecule has 0 heterocycles. The van der Waals surface area contributed by atoms with E-state index in [0.29, 0.717) is 0 Å². The number of hydrogen-bond donors (Lipinski definition) is 0. The molecule has 0 aliphatic carbocycles. The van der Waals surface area contributed by atoms with Crippen molar-refractivity contribution in [3.8, 4) is 0 Å². The molecule has 0 bridgehead atoms. The summed E-state index contributed by atoms with van der Waals surface area (Å²) < 4.78 is 0. The van der Waals surface area contributed by atoms with Crippen LogP contribution in [-0.4, -0.2) is 11.3 Å². The van der Waals surface area contributed by atoms with Gasteiger partial charge in [0, 0.05) is 0 Å². The number of hydrogen-bond acceptors (Lipinski definition) is 0. The van der Waals surface area contributed by atoms with Gasteiger partial charge in [-0.05, 0) is 67.0 Å². The third-order valence-electron chi connectivity index (χ3n) is 10.0. The van der Waals surface area contributed by atoms with E-state index >= 15 is 0 Å². The van der Waals surface area contributed by atoms with Crippen LogP contribution < -0.4 is 32.5 Å². The third-order valence-corrected chi connectivity index (χ3v) is 13.3. The Kier molecular flexibility index (Phi) is 11.4. The summed E-state index contributed by atoms with van der Waals surface area (Å²) in [5, 5.41) is 3.29. The van der Waals surface area contributed by atoms with Crippen molar-refractivity contribution in [3.63, 3.8) is 0 Å². The molecule has 0 nitrogen and oxygen atoms in total. The lowest BCUT2D eigenvalue weighted by Gasteiger charge is -2.44. The second kappa shape index (κ2) is 15.4. The Morgan fingerprint density at radius 1 is 0.320 bits per heavy atom. The first-order chi connectivity index (χ1) is 23.7. The monoisotopic (exact) mass is 674 g/mol. The Balaban J connectivity index is 0.000000194. The number of rotatable bonds is 6. The van der Waals surface area contributed by atoms with E-state index in [4.69, 9.17) is 0 Å². The van der Waals surface area contributed by atoms with E-state index in [1.807, 2.05) is 0 Å². The van der Waals surface area contributed by atoms with E-state index in [0.717, 1.165) is 0 Å². The summed E-state index contributed by atoms with van der Waals surface area (Å²) in [6.45, 7) is 20.8. The Hall–Kier alpha value is -4.19. The van der Waals surface area contributed by atoms with Gasteiger partial charge in [-0.25, -0.2) is 0 Å². The van der Waals surface area contributed by atoms with Crippen LogP contribution >= 0.6 is 7.92 Å². The summed E-state index contributed by atoms with van der Waals surface area (Å²) >= 11 is 0. The van der Waals surface area contributed by atoms with Gasteiger partial charge in [0.2, 0.25) is 0 Å². The first kappa shape index (κ1) is 37.1. The quantitative estimate of drug-likeness (QED) is 0.122. The normalized spacial score (nSPS) is 12.3. The van der Waals surface area contributed by atoms with Crippen molar-refractivity contribution in [2.75, 3.05) is 0 Å². The predicted molar refractivity (Wildman–Crippen MR) is 228 cm³/mol. The van der Waals surface area contributed by atoms with Gasteiger partial charge in [-0.3, -0.25) is 0 Å². The van der Waals surface area contributed by atoms with Gasteiger partial charge < -0.3 is 0 Å². The molecule has 0 saturated heterocycles. The standard InChI is InChI=1S/C24H20B.C24H35P/c1-5-13-21(14-6-1)25(22-15-7-2-8-16-22,23-17-9-3-10-18-23)24-19-11-4-12-20-24;1-22(2,3)18-10-14-20(15-11-18)25(24(7,8)9)21-16-12-19(13-17-21)23(4,5)6/h1-20H;10-17H,1-9H3/q-1;/p+1. The highest BCUT2D eigenvalue weighted by Gasteiger charge is 2.36. The highest BCUT2D eigenvalue weighted by Crippen LogP contribution is 2.47. The highest BCUT2D eigenvalue weighted by atomic mass is 31.1. The summed E-state index contributed by atoms with van der Waals surface area (Å²) in [7, 11) is -0.838. The second-order valence-electron chi connectivity index (χ2n) is 16.8. The zero-order valence-electron chi connectivity index (χ0n) is 31.7. The van der Waals surface area contributed by atoms with Crippen LogP contribution in [0.25, 0.3) is 0 Å². The minimum atomic E-state index is -1.22. The molecule has 6 rings (SSSR count). The Labute approximate surface area is 304 Å². The van der Waals surface area contributed by atoms with Crippen molar-refractivity contribution in [2.24, 2.45) is 0 Å². The topological polar surface area (TPSA) is 0 Å². The fourth-order valence-electron chi connectivity index (χ4n) is 7.43. The summed E-state index contributed by atoms with van der Waals surface area (Å²) in [6.07, 6.45) is -1.22. The van der Waals surface area contributed by atoms with E-state index in [9.17, 15) is 0 Å². The van der Waals surface area contributed by atoms with Gasteiger partial charge in [0.1, 0.15) is 6.15 Å². The van der Waals surface area contributed by atoms with Gasteiger partial charge in [0.15, 0.2) is 0 Å². The van der Waals surface area contributed by atoms with Crippen LogP contribution in [0.2, 0.25) is 0 Å². The van der Waals surface area contributed by atoms with Gasteiger partial charge in [-0.15, -0.1) is 0 Å². The molecule has 0 unspecified atom stereocenters. The molecule has 0 N–H and O–H groups in total. The van der Waals surface area contributed by atoms with Gasteiger partial charge in [-0.2, -0.15) is 21.9 Å². The maximum Gasteiger partial charge on any atom is 0.108 e. The van der Waals surface area contributed by atoms with E-state index in [1.54, 1.807) is 0 Å². The zero-order chi connectivity index (χ0) is 36.0. The molecule has 0 amide bonds. The van der Waals surface area contributed by atoms with Crippen LogP contribution in [0.15, 0.2) is 170 Å². The third kappa shape index (κ3) is 8.39. The van der Waals surface area contributed by atoms with Crippen molar-refractivity contribution in [1.82, 2.24) is 0 Å². The van der Waals surface area contributed by atoms with E-state index in [-0.39, 0.29) is 16.0 Å². The molecule has 0 aliphatic rings. The predicted octanol–water partition coefficient (Wildman–Crippen LogP) is 9.31. The largest absolute Gasteiger partial charge is 0.195 e. The molecule has 0 fully saturated rings. The molecule has 0 spiro atoms. The lowest BCUT2D eigenvalue weighted by Crippen LogP contribution is -2.74. The van der Waals surface area contributed by atoms with Gasteiger partial charge >= 0.3 is 0 Å². The molecule has 2 heteroatoms. The lowest BCUT2D eigenvalue weighted by atomic mass is 9.13. The summed E-state index contributed by atoms with van der Waals surface area (Å²) in [5.74, 6) is 0. The van der Waals surface area contributed by atoms with Crippen LogP contribution in [0.5, 0.6) is 0 Å². The van der Waals surface area contributed by atoms with Crippen LogP contribution in [0.4, 0.5) is 0 Å².